The molecule has 1 N–H and O–H groups in total. The van der Waals surface area contributed by atoms with E-state index in [2.05, 4.69) is 9.71 Å². The second kappa shape index (κ2) is 8.28. The molecular weight excluding hydrogens is 489 g/mol. The maximum atomic E-state index is 12.9. The van der Waals surface area contributed by atoms with Gasteiger partial charge in [0.1, 0.15) is 15.4 Å². The van der Waals surface area contributed by atoms with E-state index in [0.717, 1.165) is 37.9 Å². The Morgan fingerprint density at radius 1 is 1.06 bits per heavy atom. The van der Waals surface area contributed by atoms with Crippen molar-refractivity contribution in [3.63, 3.8) is 0 Å². The Morgan fingerprint density at radius 3 is 2.69 bits per heavy atom. The number of rotatable bonds is 5. The summed E-state index contributed by atoms with van der Waals surface area (Å²) in [6, 6.07) is 15.4. The van der Waals surface area contributed by atoms with Crippen LogP contribution in [-0.4, -0.2) is 36.8 Å². The number of thiophene rings is 1. The maximum absolute atomic E-state index is 12.9. The number of carbonyl (C=O) groups excluding carboxylic acids is 1. The molecule has 1 amide bonds. The first-order valence-corrected chi connectivity index (χ1v) is 12.9. The molecule has 1 aliphatic rings. The van der Waals surface area contributed by atoms with Crippen LogP contribution in [0.15, 0.2) is 58.8 Å². The van der Waals surface area contributed by atoms with Crippen molar-refractivity contribution in [2.45, 2.75) is 23.2 Å². The zero-order chi connectivity index (χ0) is 22.5. The van der Waals surface area contributed by atoms with Crippen LogP contribution < -0.4 is 4.72 Å². The summed E-state index contributed by atoms with van der Waals surface area (Å²) in [7, 11) is -3.83. The first-order valence-electron chi connectivity index (χ1n) is 9.84. The van der Waals surface area contributed by atoms with Gasteiger partial charge in [-0.15, -0.1) is 11.3 Å². The molecule has 1 fully saturated rings. The van der Waals surface area contributed by atoms with Crippen molar-refractivity contribution in [3.8, 4) is 0 Å². The predicted octanol–water partition coefficient (Wildman–Crippen LogP) is 4.84. The Hall–Kier alpha value is -2.23. The molecule has 0 radical (unpaired) electrons. The largest absolute Gasteiger partial charge is 0.337 e. The molecule has 164 valence electrons. The quantitative estimate of drug-likeness (QED) is 0.393. The van der Waals surface area contributed by atoms with E-state index in [4.69, 9.17) is 23.2 Å². The Bertz CT molecular complexity index is 1470. The fraction of sp³-hybridized carbons (Fsp3) is 0.182. The smallest absolute Gasteiger partial charge is 0.250 e. The minimum atomic E-state index is -3.83. The molecular formula is C22H17Cl2N3O3S2. The Kier molecular flexibility index (Phi) is 5.59. The van der Waals surface area contributed by atoms with Crippen LogP contribution in [0.1, 0.15) is 12.0 Å². The molecule has 0 saturated carbocycles. The molecule has 2 aromatic heterocycles. The molecule has 32 heavy (non-hydrogen) atoms. The van der Waals surface area contributed by atoms with Crippen LogP contribution in [0.5, 0.6) is 0 Å². The Balaban J connectivity index is 1.31. The van der Waals surface area contributed by atoms with E-state index in [1.54, 1.807) is 35.2 Å². The predicted molar refractivity (Wildman–Crippen MR) is 128 cm³/mol. The molecule has 0 unspecified atom stereocenters. The van der Waals surface area contributed by atoms with Gasteiger partial charge in [-0.05, 0) is 53.8 Å². The van der Waals surface area contributed by atoms with E-state index in [1.165, 1.54) is 0 Å². The number of halogens is 2. The number of amides is 1. The topological polar surface area (TPSA) is 79.4 Å². The number of aromatic nitrogens is 1. The second-order valence-electron chi connectivity index (χ2n) is 7.63. The van der Waals surface area contributed by atoms with Crippen LogP contribution >= 0.6 is 34.5 Å². The zero-order valence-electron chi connectivity index (χ0n) is 16.6. The number of hydrogen-bond donors (Lipinski definition) is 1. The van der Waals surface area contributed by atoms with Gasteiger partial charge in [0.05, 0.1) is 5.52 Å². The van der Waals surface area contributed by atoms with Gasteiger partial charge >= 0.3 is 0 Å². The van der Waals surface area contributed by atoms with Gasteiger partial charge in [-0.1, -0.05) is 41.4 Å². The summed E-state index contributed by atoms with van der Waals surface area (Å²) in [6.45, 7) is 0.845. The molecule has 1 aliphatic heterocycles. The lowest BCUT2D eigenvalue weighted by Gasteiger charge is -2.17. The molecule has 6 nitrogen and oxygen atoms in total. The number of benzene rings is 2. The molecule has 0 spiro atoms. The second-order valence-corrected chi connectivity index (χ2v) is 11.5. The van der Waals surface area contributed by atoms with Crippen LogP contribution in [0.4, 0.5) is 0 Å². The lowest BCUT2D eigenvalue weighted by molar-refractivity contribution is -0.129. The van der Waals surface area contributed by atoms with Crippen LogP contribution in [0.25, 0.3) is 21.0 Å². The fourth-order valence-corrected chi connectivity index (χ4v) is 6.89. The summed E-state index contributed by atoms with van der Waals surface area (Å²) in [5.74, 6) is -0.239. The van der Waals surface area contributed by atoms with Crippen molar-refractivity contribution in [2.24, 2.45) is 0 Å². The number of nitrogens with zero attached hydrogens (tertiary/aromatic N) is 2. The molecule has 3 heterocycles. The Morgan fingerprint density at radius 2 is 1.84 bits per heavy atom. The zero-order valence-corrected chi connectivity index (χ0v) is 19.7. The van der Waals surface area contributed by atoms with E-state index in [1.807, 2.05) is 24.3 Å². The average Bonchev–Trinajstić information content (AvgIpc) is 3.32. The van der Waals surface area contributed by atoms with E-state index in [-0.39, 0.29) is 10.1 Å². The normalized spacial score (nSPS) is 17.0. The summed E-state index contributed by atoms with van der Waals surface area (Å²) in [5, 5.41) is 2.71. The van der Waals surface area contributed by atoms with Gasteiger partial charge in [0.25, 0.3) is 10.0 Å². The van der Waals surface area contributed by atoms with Crippen molar-refractivity contribution in [1.29, 1.82) is 0 Å². The summed E-state index contributed by atoms with van der Waals surface area (Å²) in [5.41, 5.74) is 1.66. The standard InChI is InChI=1S/C22H17Cl2N3O3S2/c23-16-5-3-15-10-21(31-19(15)11-16)32(29,30)26-17-7-8-27(22(17)28)12-13-1-2-14-4-6-20(24)25-18(14)9-13/h1-6,9-11,17,26H,7-8,12H2/t17-/m0/s1. The van der Waals surface area contributed by atoms with Gasteiger partial charge in [0.15, 0.2) is 0 Å². The first kappa shape index (κ1) is 21.6. The minimum Gasteiger partial charge on any atom is -0.337 e. The summed E-state index contributed by atoms with van der Waals surface area (Å²) in [6.07, 6.45) is 0.409. The van der Waals surface area contributed by atoms with Gasteiger partial charge in [-0.3, -0.25) is 4.79 Å². The summed E-state index contributed by atoms with van der Waals surface area (Å²) < 4.78 is 29.3. The van der Waals surface area contributed by atoms with Crippen molar-refractivity contribution in [1.82, 2.24) is 14.6 Å². The number of hydrogen-bond acceptors (Lipinski definition) is 5. The highest BCUT2D eigenvalue weighted by Crippen LogP contribution is 2.31. The highest BCUT2D eigenvalue weighted by Gasteiger charge is 2.35. The van der Waals surface area contributed by atoms with Crippen LogP contribution in [0.2, 0.25) is 10.2 Å². The number of carbonyl (C=O) groups is 1. The average molecular weight is 506 g/mol. The highest BCUT2D eigenvalue weighted by atomic mass is 35.5. The van der Waals surface area contributed by atoms with Gasteiger partial charge in [-0.2, -0.15) is 4.72 Å². The first-order chi connectivity index (χ1) is 15.3. The van der Waals surface area contributed by atoms with Crippen LogP contribution in [0, 0.1) is 0 Å². The number of sulfonamides is 1. The van der Waals surface area contributed by atoms with Gasteiger partial charge in [0.2, 0.25) is 5.91 Å². The lowest BCUT2D eigenvalue weighted by Crippen LogP contribution is -2.41. The third-order valence-corrected chi connectivity index (χ3v) is 8.90. The molecule has 1 saturated heterocycles. The molecule has 1 atom stereocenters. The molecule has 0 aliphatic carbocycles. The van der Waals surface area contributed by atoms with Gasteiger partial charge in [-0.25, -0.2) is 13.4 Å². The monoisotopic (exact) mass is 505 g/mol. The minimum absolute atomic E-state index is 0.165. The Labute approximate surface area is 198 Å². The van der Waals surface area contributed by atoms with E-state index >= 15 is 0 Å². The lowest BCUT2D eigenvalue weighted by atomic mass is 10.1. The fourth-order valence-electron chi connectivity index (χ4n) is 3.82. The van der Waals surface area contributed by atoms with E-state index in [9.17, 15) is 13.2 Å². The van der Waals surface area contributed by atoms with E-state index in [0.29, 0.717) is 29.7 Å². The van der Waals surface area contributed by atoms with Crippen LogP contribution in [0.3, 0.4) is 0 Å². The SMILES string of the molecule is O=C1[C@@H](NS(=O)(=O)c2cc3ccc(Cl)cc3s2)CCN1Cc1ccc2ccc(Cl)nc2c1. The number of likely N-dealkylation sites (tertiary alicyclic amines) is 1. The van der Waals surface area contributed by atoms with Crippen LogP contribution in [-0.2, 0) is 21.4 Å². The van der Waals surface area contributed by atoms with Crippen molar-refractivity contribution in [3.05, 3.63) is 70.3 Å². The highest BCUT2D eigenvalue weighted by molar-refractivity contribution is 7.91. The van der Waals surface area contributed by atoms with Gasteiger partial charge in [0, 0.05) is 28.2 Å². The van der Waals surface area contributed by atoms with Gasteiger partial charge < -0.3 is 4.90 Å². The van der Waals surface area contributed by atoms with Crippen molar-refractivity contribution < 1.29 is 13.2 Å². The third kappa shape index (κ3) is 4.21. The molecule has 4 aromatic rings. The maximum Gasteiger partial charge on any atom is 0.250 e. The molecule has 2 aromatic carbocycles. The van der Waals surface area contributed by atoms with Crippen molar-refractivity contribution in [2.75, 3.05) is 6.54 Å². The number of pyridine rings is 1. The number of fused-ring (bicyclic) bond motifs is 2. The number of nitrogens with one attached hydrogen (secondary N) is 1. The molecule has 0 bridgehead atoms. The van der Waals surface area contributed by atoms with Crippen molar-refractivity contribution >= 4 is 71.5 Å². The van der Waals surface area contributed by atoms with E-state index < -0.39 is 16.1 Å². The summed E-state index contributed by atoms with van der Waals surface area (Å²) >= 11 is 13.1. The molecule has 10 heteroatoms. The molecule has 5 rings (SSSR count). The summed E-state index contributed by atoms with van der Waals surface area (Å²) in [4.78, 5) is 18.9. The third-order valence-electron chi connectivity index (χ3n) is 5.42.